The highest BCUT2D eigenvalue weighted by molar-refractivity contribution is 6.02. The van der Waals surface area contributed by atoms with Gasteiger partial charge in [0.05, 0.1) is 23.8 Å². The number of ether oxygens (including phenoxy) is 1. The monoisotopic (exact) mass is 413 g/mol. The zero-order valence-electron chi connectivity index (χ0n) is 16.4. The normalized spacial score (nSPS) is 10.5. The molecule has 0 saturated heterocycles. The number of carbonyl (C=O) groups is 2. The lowest BCUT2D eigenvalue weighted by Gasteiger charge is -2.11. The van der Waals surface area contributed by atoms with E-state index in [0.29, 0.717) is 11.3 Å². The third kappa shape index (κ3) is 4.82. The van der Waals surface area contributed by atoms with Crippen LogP contribution in [-0.4, -0.2) is 23.6 Å². The molecule has 2 N–H and O–H groups in total. The molecule has 6 nitrogen and oxygen atoms in total. The lowest BCUT2D eigenvalue weighted by molar-refractivity contribution is -0.118. The summed E-state index contributed by atoms with van der Waals surface area (Å²) >= 11 is 0. The van der Waals surface area contributed by atoms with Crippen LogP contribution in [-0.2, 0) is 4.79 Å². The Labute approximate surface area is 178 Å². The second-order valence-electron chi connectivity index (χ2n) is 6.80. The first-order valence-corrected chi connectivity index (χ1v) is 9.58. The molecule has 0 unspecified atom stereocenters. The van der Waals surface area contributed by atoms with Gasteiger partial charge in [-0.1, -0.05) is 48.5 Å². The van der Waals surface area contributed by atoms with Gasteiger partial charge in [-0.15, -0.1) is 0 Å². The van der Waals surface area contributed by atoms with Crippen LogP contribution in [0.25, 0.3) is 22.3 Å². The molecule has 0 aliphatic heterocycles. The van der Waals surface area contributed by atoms with E-state index in [4.69, 9.17) is 9.15 Å². The van der Waals surface area contributed by atoms with Crippen LogP contribution in [0.4, 0.5) is 5.69 Å². The Morgan fingerprint density at radius 1 is 0.839 bits per heavy atom. The Morgan fingerprint density at radius 2 is 1.55 bits per heavy atom. The van der Waals surface area contributed by atoms with Crippen molar-refractivity contribution < 1.29 is 23.8 Å². The number of furan rings is 1. The summed E-state index contributed by atoms with van der Waals surface area (Å²) in [5.41, 5.74) is 3.75. The summed E-state index contributed by atoms with van der Waals surface area (Å²) in [6.07, 6.45) is 3.03. The average Bonchev–Trinajstić information content (AvgIpc) is 3.34. The maximum absolute atomic E-state index is 12.3. The van der Waals surface area contributed by atoms with Crippen molar-refractivity contribution in [3.8, 4) is 28.0 Å². The lowest BCUT2D eigenvalue weighted by atomic mass is 10.0. The smallest absolute Gasteiger partial charge is 0.337 e. The third-order valence-corrected chi connectivity index (χ3v) is 4.71. The number of carboxylic acid groups (broad SMARTS) is 1. The molecule has 1 aromatic heterocycles. The van der Waals surface area contributed by atoms with Gasteiger partial charge in [-0.3, -0.25) is 4.79 Å². The molecule has 154 valence electrons. The fourth-order valence-corrected chi connectivity index (χ4v) is 3.15. The highest BCUT2D eigenvalue weighted by Crippen LogP contribution is 2.26. The van der Waals surface area contributed by atoms with Gasteiger partial charge in [0, 0.05) is 5.56 Å². The molecule has 0 aliphatic carbocycles. The lowest BCUT2D eigenvalue weighted by Crippen LogP contribution is -2.21. The SMILES string of the molecule is O=C(COc1ccc(-c2ccccc2)cc1)Nc1ccc(-c2ccoc2)cc1C(=O)O. The molecular weight excluding hydrogens is 394 g/mol. The zero-order chi connectivity index (χ0) is 21.6. The highest BCUT2D eigenvalue weighted by Gasteiger charge is 2.15. The number of amides is 1. The van der Waals surface area contributed by atoms with E-state index in [2.05, 4.69) is 5.32 Å². The molecule has 6 heteroatoms. The van der Waals surface area contributed by atoms with Gasteiger partial charge in [0.15, 0.2) is 6.61 Å². The molecule has 1 heterocycles. The summed E-state index contributed by atoms with van der Waals surface area (Å²) in [6, 6.07) is 23.8. The van der Waals surface area contributed by atoms with Crippen molar-refractivity contribution in [2.45, 2.75) is 0 Å². The van der Waals surface area contributed by atoms with Crippen LogP contribution in [0.15, 0.2) is 95.8 Å². The fraction of sp³-hybridized carbons (Fsp3) is 0.0400. The standard InChI is InChI=1S/C25H19NO5/c27-24(16-31-21-9-6-18(7-10-21)17-4-2-1-3-5-17)26-23-11-8-19(14-22(23)25(28)29)20-12-13-30-15-20/h1-15H,16H2,(H,26,27)(H,28,29). The summed E-state index contributed by atoms with van der Waals surface area (Å²) < 4.78 is 10.6. The van der Waals surface area contributed by atoms with Gasteiger partial charge in [0.1, 0.15) is 5.75 Å². The van der Waals surface area contributed by atoms with Crippen LogP contribution >= 0.6 is 0 Å². The minimum absolute atomic E-state index is 0.0146. The quantitative estimate of drug-likeness (QED) is 0.428. The summed E-state index contributed by atoms with van der Waals surface area (Å²) in [6.45, 7) is -0.243. The van der Waals surface area contributed by atoms with Crippen molar-refractivity contribution in [2.24, 2.45) is 0 Å². The maximum Gasteiger partial charge on any atom is 0.337 e. The highest BCUT2D eigenvalue weighted by atomic mass is 16.5. The predicted molar refractivity (Wildman–Crippen MR) is 117 cm³/mol. The minimum atomic E-state index is -1.14. The van der Waals surface area contributed by atoms with Crippen LogP contribution in [0.3, 0.4) is 0 Å². The third-order valence-electron chi connectivity index (χ3n) is 4.71. The summed E-state index contributed by atoms with van der Waals surface area (Å²) in [7, 11) is 0. The predicted octanol–water partition coefficient (Wildman–Crippen LogP) is 5.33. The van der Waals surface area contributed by atoms with Crippen molar-refractivity contribution >= 4 is 17.6 Å². The Morgan fingerprint density at radius 3 is 2.23 bits per heavy atom. The van der Waals surface area contributed by atoms with Gasteiger partial charge >= 0.3 is 5.97 Å². The Hall–Kier alpha value is -4.32. The van der Waals surface area contributed by atoms with Crippen molar-refractivity contribution in [1.29, 1.82) is 0 Å². The van der Waals surface area contributed by atoms with Crippen molar-refractivity contribution in [2.75, 3.05) is 11.9 Å². The largest absolute Gasteiger partial charge is 0.484 e. The van der Waals surface area contributed by atoms with Gasteiger partial charge in [-0.25, -0.2) is 4.79 Å². The van der Waals surface area contributed by atoms with Gasteiger partial charge in [-0.2, -0.15) is 0 Å². The molecule has 31 heavy (non-hydrogen) atoms. The minimum Gasteiger partial charge on any atom is -0.484 e. The first-order chi connectivity index (χ1) is 15.1. The van der Waals surface area contributed by atoms with Crippen LogP contribution in [0, 0.1) is 0 Å². The van der Waals surface area contributed by atoms with Gasteiger partial charge < -0.3 is 19.6 Å². The number of nitrogens with one attached hydrogen (secondary N) is 1. The molecule has 4 rings (SSSR count). The number of carboxylic acids is 1. The Balaban J connectivity index is 1.40. The Bertz CT molecular complexity index is 1180. The molecule has 0 saturated carbocycles. The number of carbonyl (C=O) groups excluding carboxylic acids is 1. The van der Waals surface area contributed by atoms with Crippen LogP contribution in [0.2, 0.25) is 0 Å². The van der Waals surface area contributed by atoms with E-state index < -0.39 is 11.9 Å². The Kier molecular flexibility index (Phi) is 5.80. The van der Waals surface area contributed by atoms with E-state index in [-0.39, 0.29) is 17.9 Å². The number of hydrogen-bond donors (Lipinski definition) is 2. The second-order valence-corrected chi connectivity index (χ2v) is 6.80. The van der Waals surface area contributed by atoms with E-state index in [0.717, 1.165) is 16.7 Å². The summed E-state index contributed by atoms with van der Waals surface area (Å²) in [5.74, 6) is -1.05. The van der Waals surface area contributed by atoms with E-state index in [1.54, 1.807) is 30.3 Å². The molecule has 3 aromatic carbocycles. The number of benzene rings is 3. The fourth-order valence-electron chi connectivity index (χ4n) is 3.15. The van der Waals surface area contributed by atoms with Crippen molar-refractivity contribution in [3.05, 3.63) is 97.0 Å². The van der Waals surface area contributed by atoms with Crippen molar-refractivity contribution in [1.82, 2.24) is 0 Å². The van der Waals surface area contributed by atoms with Gasteiger partial charge in [0.2, 0.25) is 0 Å². The number of aromatic carboxylic acids is 1. The van der Waals surface area contributed by atoms with Gasteiger partial charge in [-0.05, 0) is 47.0 Å². The maximum atomic E-state index is 12.3. The summed E-state index contributed by atoms with van der Waals surface area (Å²) in [4.78, 5) is 24.0. The first kappa shape index (κ1) is 20.0. The average molecular weight is 413 g/mol. The number of hydrogen-bond acceptors (Lipinski definition) is 4. The zero-order valence-corrected chi connectivity index (χ0v) is 16.4. The molecule has 0 aliphatic rings. The molecule has 1 amide bonds. The number of rotatable bonds is 7. The van der Waals surface area contributed by atoms with Crippen LogP contribution in [0.1, 0.15) is 10.4 Å². The van der Waals surface area contributed by atoms with E-state index in [9.17, 15) is 14.7 Å². The molecule has 0 spiro atoms. The van der Waals surface area contributed by atoms with E-state index in [1.165, 1.54) is 18.6 Å². The second kappa shape index (κ2) is 9.00. The summed E-state index contributed by atoms with van der Waals surface area (Å²) in [5, 5.41) is 12.1. The number of anilines is 1. The van der Waals surface area contributed by atoms with Crippen LogP contribution in [0.5, 0.6) is 5.75 Å². The van der Waals surface area contributed by atoms with E-state index >= 15 is 0 Å². The topological polar surface area (TPSA) is 88.8 Å². The molecule has 0 radical (unpaired) electrons. The molecule has 4 aromatic rings. The van der Waals surface area contributed by atoms with Crippen LogP contribution < -0.4 is 10.1 Å². The molecule has 0 atom stereocenters. The molecular formula is C25H19NO5. The molecule has 0 bridgehead atoms. The van der Waals surface area contributed by atoms with Crippen molar-refractivity contribution in [3.63, 3.8) is 0 Å². The van der Waals surface area contributed by atoms with E-state index in [1.807, 2.05) is 42.5 Å². The van der Waals surface area contributed by atoms with Gasteiger partial charge in [0.25, 0.3) is 5.91 Å². The molecule has 0 fully saturated rings. The first-order valence-electron chi connectivity index (χ1n) is 9.58.